The Labute approximate surface area is 128 Å². The molecule has 2 nitrogen and oxygen atoms in total. The Hall–Kier alpha value is -1.81. The summed E-state index contributed by atoms with van der Waals surface area (Å²) >= 11 is 1.33. The molecule has 0 aliphatic heterocycles. The zero-order valence-corrected chi connectivity index (χ0v) is 12.8. The van der Waals surface area contributed by atoms with Gasteiger partial charge in [-0.2, -0.15) is 0 Å². The molecule has 0 saturated carbocycles. The van der Waals surface area contributed by atoms with Crippen LogP contribution in [0.25, 0.3) is 0 Å². The van der Waals surface area contributed by atoms with E-state index in [1.54, 1.807) is 30.3 Å². The second-order valence-electron chi connectivity index (χ2n) is 4.86. The van der Waals surface area contributed by atoms with E-state index in [0.717, 1.165) is 4.90 Å². The molecule has 0 N–H and O–H groups in total. The molecule has 0 aliphatic rings. The lowest BCUT2D eigenvalue weighted by Crippen LogP contribution is -2.07. The maximum absolute atomic E-state index is 13.1. The van der Waals surface area contributed by atoms with E-state index in [9.17, 15) is 9.18 Å². The number of hydrogen-bond acceptors (Lipinski definition) is 3. The van der Waals surface area contributed by atoms with E-state index in [0.29, 0.717) is 11.3 Å². The molecule has 110 valence electrons. The molecule has 0 saturated heterocycles. The van der Waals surface area contributed by atoms with Gasteiger partial charge in [0.1, 0.15) is 11.6 Å². The third-order valence-corrected chi connectivity index (χ3v) is 3.69. The van der Waals surface area contributed by atoms with Gasteiger partial charge in [-0.3, -0.25) is 4.79 Å². The summed E-state index contributed by atoms with van der Waals surface area (Å²) < 4.78 is 18.6. The minimum atomic E-state index is -0.292. The highest BCUT2D eigenvalue weighted by molar-refractivity contribution is 8.00. The number of carbonyl (C=O) groups is 1. The number of ether oxygens (including phenoxy) is 1. The van der Waals surface area contributed by atoms with E-state index >= 15 is 0 Å². The van der Waals surface area contributed by atoms with Gasteiger partial charge < -0.3 is 4.74 Å². The minimum absolute atomic E-state index is 0.00142. The van der Waals surface area contributed by atoms with Crippen molar-refractivity contribution in [1.29, 1.82) is 0 Å². The largest absolute Gasteiger partial charge is 0.491 e. The predicted molar refractivity (Wildman–Crippen MR) is 83.7 cm³/mol. The van der Waals surface area contributed by atoms with Crippen molar-refractivity contribution in [2.45, 2.75) is 24.8 Å². The second kappa shape index (κ2) is 7.27. The van der Waals surface area contributed by atoms with Gasteiger partial charge in [0.25, 0.3) is 0 Å². The van der Waals surface area contributed by atoms with Crippen molar-refractivity contribution in [3.05, 3.63) is 59.9 Å². The van der Waals surface area contributed by atoms with Gasteiger partial charge in [-0.25, -0.2) is 4.39 Å². The lowest BCUT2D eigenvalue weighted by atomic mass is 10.1. The fraction of sp³-hybridized carbons (Fsp3) is 0.235. The topological polar surface area (TPSA) is 26.3 Å². The molecule has 2 aromatic rings. The average Bonchev–Trinajstić information content (AvgIpc) is 2.44. The van der Waals surface area contributed by atoms with Crippen molar-refractivity contribution < 1.29 is 13.9 Å². The van der Waals surface area contributed by atoms with Crippen LogP contribution in [0.4, 0.5) is 4.39 Å². The Morgan fingerprint density at radius 3 is 2.67 bits per heavy atom. The summed E-state index contributed by atoms with van der Waals surface area (Å²) in [7, 11) is 0. The van der Waals surface area contributed by atoms with Crippen LogP contribution in [0.3, 0.4) is 0 Å². The van der Waals surface area contributed by atoms with Crippen molar-refractivity contribution in [1.82, 2.24) is 0 Å². The molecule has 0 bridgehead atoms. The highest BCUT2D eigenvalue weighted by Gasteiger charge is 2.09. The van der Waals surface area contributed by atoms with Crippen molar-refractivity contribution in [3.63, 3.8) is 0 Å². The summed E-state index contributed by atoms with van der Waals surface area (Å²) in [5, 5.41) is 0. The molecule has 0 unspecified atom stereocenters. The Morgan fingerprint density at radius 2 is 1.95 bits per heavy atom. The molecule has 0 aliphatic carbocycles. The maximum atomic E-state index is 13.1. The molecular weight excluding hydrogens is 287 g/mol. The number of hydrogen-bond donors (Lipinski definition) is 0. The summed E-state index contributed by atoms with van der Waals surface area (Å²) in [6, 6.07) is 13.4. The number of carbonyl (C=O) groups excluding carboxylic acids is 1. The monoisotopic (exact) mass is 304 g/mol. The molecule has 4 heteroatoms. The van der Waals surface area contributed by atoms with Crippen molar-refractivity contribution in [3.8, 4) is 5.75 Å². The zero-order valence-electron chi connectivity index (χ0n) is 12.0. The van der Waals surface area contributed by atoms with Gasteiger partial charge in [-0.05, 0) is 44.2 Å². The maximum Gasteiger partial charge on any atom is 0.173 e. The quantitative estimate of drug-likeness (QED) is 0.577. The molecule has 0 amide bonds. The van der Waals surface area contributed by atoms with Crippen LogP contribution >= 0.6 is 11.8 Å². The molecule has 21 heavy (non-hydrogen) atoms. The van der Waals surface area contributed by atoms with Gasteiger partial charge >= 0.3 is 0 Å². The number of thioether (sulfide) groups is 1. The van der Waals surface area contributed by atoms with Crippen LogP contribution < -0.4 is 4.74 Å². The molecule has 0 radical (unpaired) electrons. The molecular formula is C17H17FO2S. The number of rotatable bonds is 6. The third-order valence-electron chi connectivity index (χ3n) is 2.69. The number of ketones is 1. The van der Waals surface area contributed by atoms with Gasteiger partial charge in [0, 0.05) is 10.5 Å². The van der Waals surface area contributed by atoms with Crippen LogP contribution in [0, 0.1) is 5.82 Å². The molecule has 0 heterocycles. The summed E-state index contributed by atoms with van der Waals surface area (Å²) in [6.07, 6.45) is 0.0667. The van der Waals surface area contributed by atoms with Crippen LogP contribution in [-0.4, -0.2) is 17.6 Å². The van der Waals surface area contributed by atoms with E-state index < -0.39 is 0 Å². The van der Waals surface area contributed by atoms with Gasteiger partial charge in [0.15, 0.2) is 5.78 Å². The summed E-state index contributed by atoms with van der Waals surface area (Å²) in [6.45, 7) is 3.88. The highest BCUT2D eigenvalue weighted by atomic mass is 32.2. The summed E-state index contributed by atoms with van der Waals surface area (Å²) in [4.78, 5) is 12.9. The molecule has 2 aromatic carbocycles. The fourth-order valence-corrected chi connectivity index (χ4v) is 2.64. The van der Waals surface area contributed by atoms with Crippen LogP contribution in [0.2, 0.25) is 0 Å². The van der Waals surface area contributed by atoms with Crippen LogP contribution in [-0.2, 0) is 0 Å². The molecule has 0 aromatic heterocycles. The second-order valence-corrected chi connectivity index (χ2v) is 5.91. The van der Waals surface area contributed by atoms with Gasteiger partial charge in [-0.15, -0.1) is 11.8 Å². The van der Waals surface area contributed by atoms with Crippen molar-refractivity contribution in [2.75, 3.05) is 5.75 Å². The standard InChI is InChI=1S/C17H17FO2S/c1-12(2)20-15-7-3-5-13(9-15)17(19)11-21-16-8-4-6-14(18)10-16/h3-10,12H,11H2,1-2H3. The van der Waals surface area contributed by atoms with Crippen molar-refractivity contribution in [2.24, 2.45) is 0 Å². The molecule has 0 atom stereocenters. The normalized spacial score (nSPS) is 10.7. The number of Topliss-reactive ketones (excluding diaryl/α,β-unsaturated/α-hetero) is 1. The summed E-state index contributed by atoms with van der Waals surface area (Å²) in [5.74, 6) is 0.666. The number of benzene rings is 2. The van der Waals surface area contributed by atoms with Gasteiger partial charge in [-0.1, -0.05) is 18.2 Å². The van der Waals surface area contributed by atoms with Crippen LogP contribution in [0.15, 0.2) is 53.4 Å². The van der Waals surface area contributed by atoms with Crippen molar-refractivity contribution >= 4 is 17.5 Å². The SMILES string of the molecule is CC(C)Oc1cccc(C(=O)CSc2cccc(F)c2)c1. The molecule has 2 rings (SSSR count). The number of halogens is 1. The van der Waals surface area contributed by atoms with E-state index in [-0.39, 0.29) is 23.5 Å². The third kappa shape index (κ3) is 4.90. The first kappa shape index (κ1) is 15.6. The van der Waals surface area contributed by atoms with Crippen LogP contribution in [0.5, 0.6) is 5.75 Å². The lowest BCUT2D eigenvalue weighted by Gasteiger charge is -2.10. The van der Waals surface area contributed by atoms with E-state index in [4.69, 9.17) is 4.74 Å². The first-order valence-electron chi connectivity index (χ1n) is 6.73. The lowest BCUT2D eigenvalue weighted by molar-refractivity contribution is 0.102. The van der Waals surface area contributed by atoms with Gasteiger partial charge in [0.2, 0.25) is 0 Å². The Balaban J connectivity index is 2.00. The highest BCUT2D eigenvalue weighted by Crippen LogP contribution is 2.21. The zero-order chi connectivity index (χ0) is 15.2. The summed E-state index contributed by atoms with van der Waals surface area (Å²) in [5.41, 5.74) is 0.608. The fourth-order valence-electron chi connectivity index (χ4n) is 1.80. The molecule has 0 spiro atoms. The van der Waals surface area contributed by atoms with Crippen LogP contribution in [0.1, 0.15) is 24.2 Å². The van der Waals surface area contributed by atoms with Gasteiger partial charge in [0.05, 0.1) is 11.9 Å². The first-order chi connectivity index (χ1) is 10.0. The van der Waals surface area contributed by atoms with E-state index in [2.05, 4.69) is 0 Å². The Kier molecular flexibility index (Phi) is 5.39. The average molecular weight is 304 g/mol. The smallest absolute Gasteiger partial charge is 0.173 e. The minimum Gasteiger partial charge on any atom is -0.491 e. The first-order valence-corrected chi connectivity index (χ1v) is 7.71. The van der Waals surface area contributed by atoms with E-state index in [1.165, 1.54) is 23.9 Å². The van der Waals surface area contributed by atoms with E-state index in [1.807, 2.05) is 19.9 Å². The predicted octanol–water partition coefficient (Wildman–Crippen LogP) is 4.59. The molecule has 0 fully saturated rings. The Bertz CT molecular complexity index is 626. The Morgan fingerprint density at radius 1 is 1.19 bits per heavy atom.